The number of amides is 1. The highest BCUT2D eigenvalue weighted by Crippen LogP contribution is 2.24. The summed E-state index contributed by atoms with van der Waals surface area (Å²) >= 11 is 0. The van der Waals surface area contributed by atoms with Gasteiger partial charge in [-0.15, -0.1) is 0 Å². The predicted molar refractivity (Wildman–Crippen MR) is 67.7 cm³/mol. The summed E-state index contributed by atoms with van der Waals surface area (Å²) in [6.07, 6.45) is 2.27. The molecule has 19 heavy (non-hydrogen) atoms. The Bertz CT molecular complexity index is 563. The van der Waals surface area contributed by atoms with Crippen LogP contribution in [0.2, 0.25) is 0 Å². The van der Waals surface area contributed by atoms with Gasteiger partial charge < -0.3 is 10.4 Å². The first-order valence-electron chi connectivity index (χ1n) is 6.31. The van der Waals surface area contributed by atoms with Gasteiger partial charge in [-0.25, -0.2) is 4.68 Å². The third-order valence-electron chi connectivity index (χ3n) is 3.37. The molecule has 1 fully saturated rings. The van der Waals surface area contributed by atoms with E-state index in [1.807, 2.05) is 0 Å². The van der Waals surface area contributed by atoms with Crippen molar-refractivity contribution in [2.45, 2.75) is 31.9 Å². The topological polar surface area (TPSA) is 104 Å². The van der Waals surface area contributed by atoms with Crippen LogP contribution >= 0.6 is 0 Å². The van der Waals surface area contributed by atoms with Crippen LogP contribution in [0.5, 0.6) is 0 Å². The number of hydrogen-bond donors (Lipinski definition) is 3. The fourth-order valence-electron chi connectivity index (χ4n) is 2.28. The van der Waals surface area contributed by atoms with Crippen LogP contribution < -0.4 is 16.4 Å². The lowest BCUT2D eigenvalue weighted by atomic mass is 10.1. The standard InChI is InChI=1S/C12H17N3O4/c16-9-3-1-2-8(9)6-13-11(18)7-15-12(19)5-4-10(17)14-15/h4-5,8-9,16H,1-3,6-7H2,(H,13,18)(H,14,17). The van der Waals surface area contributed by atoms with Crippen LogP contribution in [0.1, 0.15) is 19.3 Å². The largest absolute Gasteiger partial charge is 0.393 e. The van der Waals surface area contributed by atoms with Crippen molar-refractivity contribution in [2.24, 2.45) is 5.92 Å². The second-order valence-corrected chi connectivity index (χ2v) is 4.80. The average Bonchev–Trinajstić information content (AvgIpc) is 2.77. The molecule has 2 unspecified atom stereocenters. The summed E-state index contributed by atoms with van der Waals surface area (Å²) in [5.41, 5.74) is -0.866. The Morgan fingerprint density at radius 3 is 2.89 bits per heavy atom. The number of nitrogens with one attached hydrogen (secondary N) is 2. The van der Waals surface area contributed by atoms with Gasteiger partial charge in [-0.05, 0) is 12.8 Å². The molecule has 0 saturated heterocycles. The molecule has 0 radical (unpaired) electrons. The summed E-state index contributed by atoms with van der Waals surface area (Å²) in [6, 6.07) is 2.23. The Morgan fingerprint density at radius 2 is 2.21 bits per heavy atom. The molecule has 1 aromatic rings. The van der Waals surface area contributed by atoms with Crippen LogP contribution in [0, 0.1) is 5.92 Å². The molecule has 1 aromatic heterocycles. The van der Waals surface area contributed by atoms with E-state index in [0.717, 1.165) is 36.1 Å². The van der Waals surface area contributed by atoms with Crippen molar-refractivity contribution in [3.05, 3.63) is 32.8 Å². The van der Waals surface area contributed by atoms with Gasteiger partial charge in [0.25, 0.3) is 11.1 Å². The molecule has 2 atom stereocenters. The van der Waals surface area contributed by atoms with E-state index in [1.165, 1.54) is 0 Å². The molecule has 0 aliphatic heterocycles. The van der Waals surface area contributed by atoms with Gasteiger partial charge in [-0.2, -0.15) is 0 Å². The Labute approximate surface area is 109 Å². The van der Waals surface area contributed by atoms with E-state index >= 15 is 0 Å². The summed E-state index contributed by atoms with van der Waals surface area (Å²) in [5, 5.41) is 14.6. The Hall–Kier alpha value is -1.89. The maximum absolute atomic E-state index is 11.7. The number of aromatic nitrogens is 2. The lowest BCUT2D eigenvalue weighted by Crippen LogP contribution is -2.38. The molecular weight excluding hydrogens is 250 g/mol. The number of carbonyl (C=O) groups excluding carboxylic acids is 1. The minimum absolute atomic E-state index is 0.0792. The van der Waals surface area contributed by atoms with Gasteiger partial charge in [0, 0.05) is 24.6 Å². The van der Waals surface area contributed by atoms with Crippen LogP contribution in [0.3, 0.4) is 0 Å². The van der Waals surface area contributed by atoms with E-state index in [9.17, 15) is 19.5 Å². The maximum atomic E-state index is 11.7. The van der Waals surface area contributed by atoms with Gasteiger partial charge in [-0.3, -0.25) is 19.5 Å². The second-order valence-electron chi connectivity index (χ2n) is 4.80. The number of H-pyrrole nitrogens is 1. The lowest BCUT2D eigenvalue weighted by Gasteiger charge is -2.15. The van der Waals surface area contributed by atoms with Crippen molar-refractivity contribution in [1.29, 1.82) is 0 Å². The number of aliphatic hydroxyl groups excluding tert-OH is 1. The number of nitrogens with zero attached hydrogens (tertiary/aromatic N) is 1. The van der Waals surface area contributed by atoms with Crippen molar-refractivity contribution in [3.8, 4) is 0 Å². The number of hydrogen-bond acceptors (Lipinski definition) is 4. The van der Waals surface area contributed by atoms with E-state index in [0.29, 0.717) is 6.54 Å². The molecule has 7 nitrogen and oxygen atoms in total. The Balaban J connectivity index is 1.89. The molecule has 1 saturated carbocycles. The van der Waals surface area contributed by atoms with E-state index in [1.54, 1.807) is 0 Å². The Kier molecular flexibility index (Phi) is 4.16. The minimum Gasteiger partial charge on any atom is -0.393 e. The summed E-state index contributed by atoms with van der Waals surface area (Å²) in [5.74, 6) is -0.279. The van der Waals surface area contributed by atoms with Crippen molar-refractivity contribution in [3.63, 3.8) is 0 Å². The molecule has 1 heterocycles. The van der Waals surface area contributed by atoms with Crippen molar-refractivity contribution < 1.29 is 9.90 Å². The highest BCUT2D eigenvalue weighted by Gasteiger charge is 2.25. The summed E-state index contributed by atoms with van der Waals surface area (Å²) < 4.78 is 0.961. The molecule has 7 heteroatoms. The van der Waals surface area contributed by atoms with Gasteiger partial charge in [0.2, 0.25) is 5.91 Å². The maximum Gasteiger partial charge on any atom is 0.265 e. The van der Waals surface area contributed by atoms with Gasteiger partial charge in [0.15, 0.2) is 0 Å². The first-order valence-corrected chi connectivity index (χ1v) is 6.31. The molecule has 0 spiro atoms. The van der Waals surface area contributed by atoms with Gasteiger partial charge in [0.05, 0.1) is 6.10 Å². The molecule has 3 N–H and O–H groups in total. The average molecular weight is 267 g/mol. The molecule has 1 aliphatic rings. The highest BCUT2D eigenvalue weighted by atomic mass is 16.3. The number of carbonyl (C=O) groups is 1. The normalized spacial score (nSPS) is 22.4. The molecule has 104 valence electrons. The Morgan fingerprint density at radius 1 is 1.42 bits per heavy atom. The fourth-order valence-corrected chi connectivity index (χ4v) is 2.28. The van der Waals surface area contributed by atoms with Crippen molar-refractivity contribution in [1.82, 2.24) is 15.1 Å². The molecule has 1 aliphatic carbocycles. The number of rotatable bonds is 4. The lowest BCUT2D eigenvalue weighted by molar-refractivity contribution is -0.122. The van der Waals surface area contributed by atoms with Gasteiger partial charge in [-0.1, -0.05) is 6.42 Å². The summed E-state index contributed by atoms with van der Waals surface area (Å²) in [7, 11) is 0. The van der Waals surface area contributed by atoms with Gasteiger partial charge in [0.1, 0.15) is 6.54 Å². The number of aliphatic hydroxyl groups is 1. The first kappa shape index (κ1) is 13.5. The quantitative estimate of drug-likeness (QED) is 0.638. The minimum atomic E-state index is -0.435. The molecule has 0 aromatic carbocycles. The van der Waals surface area contributed by atoms with E-state index < -0.39 is 11.1 Å². The zero-order valence-electron chi connectivity index (χ0n) is 10.5. The van der Waals surface area contributed by atoms with E-state index in [4.69, 9.17) is 0 Å². The third-order valence-corrected chi connectivity index (χ3v) is 3.37. The monoisotopic (exact) mass is 267 g/mol. The van der Waals surface area contributed by atoms with E-state index in [-0.39, 0.29) is 24.5 Å². The first-order chi connectivity index (χ1) is 9.06. The molecular formula is C12H17N3O4. The summed E-state index contributed by atoms with van der Waals surface area (Å²) in [6.45, 7) is 0.170. The van der Waals surface area contributed by atoms with Crippen molar-refractivity contribution >= 4 is 5.91 Å². The molecule has 0 bridgehead atoms. The van der Waals surface area contributed by atoms with Crippen molar-refractivity contribution in [2.75, 3.05) is 6.54 Å². The third kappa shape index (κ3) is 3.54. The molecule has 1 amide bonds. The van der Waals surface area contributed by atoms with Crippen LogP contribution in [-0.2, 0) is 11.3 Å². The second kappa shape index (κ2) is 5.83. The fraction of sp³-hybridized carbons (Fsp3) is 0.583. The van der Waals surface area contributed by atoms with Crippen LogP contribution in [-0.4, -0.2) is 33.4 Å². The highest BCUT2D eigenvalue weighted by molar-refractivity contribution is 5.75. The SMILES string of the molecule is O=C(Cn1[nH]c(=O)ccc1=O)NCC1CCCC1O. The van der Waals surface area contributed by atoms with Gasteiger partial charge >= 0.3 is 0 Å². The smallest absolute Gasteiger partial charge is 0.265 e. The van der Waals surface area contributed by atoms with Crippen LogP contribution in [0.4, 0.5) is 0 Å². The zero-order chi connectivity index (χ0) is 13.8. The van der Waals surface area contributed by atoms with Crippen LogP contribution in [0.25, 0.3) is 0 Å². The van der Waals surface area contributed by atoms with E-state index in [2.05, 4.69) is 10.4 Å². The summed E-state index contributed by atoms with van der Waals surface area (Å²) in [4.78, 5) is 34.1. The predicted octanol–water partition coefficient (Wildman–Crippen LogP) is -1.19. The van der Waals surface area contributed by atoms with Crippen LogP contribution in [0.15, 0.2) is 21.7 Å². The molecule has 2 rings (SSSR count). The number of aromatic amines is 1. The zero-order valence-corrected chi connectivity index (χ0v) is 10.5.